The van der Waals surface area contributed by atoms with Crippen molar-refractivity contribution in [3.8, 4) is 5.75 Å². The predicted molar refractivity (Wildman–Crippen MR) is 116 cm³/mol. The molecule has 5 nitrogen and oxygen atoms in total. The van der Waals surface area contributed by atoms with Crippen molar-refractivity contribution >= 4 is 60.2 Å². The van der Waals surface area contributed by atoms with Crippen LogP contribution >= 0.6 is 31.9 Å². The molecule has 28 heavy (non-hydrogen) atoms. The van der Waals surface area contributed by atoms with E-state index in [1.807, 2.05) is 30.3 Å². The fraction of sp³-hybridized carbons (Fsp3) is 0.143. The maximum atomic E-state index is 12.2. The molecule has 0 saturated carbocycles. The molecule has 3 aromatic rings. The van der Waals surface area contributed by atoms with Crippen molar-refractivity contribution in [1.82, 2.24) is 0 Å². The van der Waals surface area contributed by atoms with E-state index < -0.39 is 5.97 Å². The number of fused-ring (bicyclic) bond motifs is 1. The van der Waals surface area contributed by atoms with Gasteiger partial charge in [0.15, 0.2) is 6.61 Å². The van der Waals surface area contributed by atoms with Crippen LogP contribution < -0.4 is 10.1 Å². The van der Waals surface area contributed by atoms with E-state index in [2.05, 4.69) is 37.2 Å². The van der Waals surface area contributed by atoms with Crippen LogP contribution in [0.3, 0.4) is 0 Å². The van der Waals surface area contributed by atoms with Crippen molar-refractivity contribution in [1.29, 1.82) is 0 Å². The second-order valence-corrected chi connectivity index (χ2v) is 7.59. The zero-order valence-corrected chi connectivity index (χ0v) is 18.2. The Morgan fingerprint density at radius 2 is 1.75 bits per heavy atom. The van der Waals surface area contributed by atoms with Crippen LogP contribution in [0.4, 0.5) is 5.69 Å². The number of carbonyl (C=O) groups is 2. The quantitative estimate of drug-likeness (QED) is 0.444. The second-order valence-electron chi connectivity index (χ2n) is 5.88. The highest BCUT2D eigenvalue weighted by Crippen LogP contribution is 2.34. The van der Waals surface area contributed by atoms with Gasteiger partial charge in [-0.3, -0.25) is 4.79 Å². The van der Waals surface area contributed by atoms with E-state index in [0.29, 0.717) is 23.6 Å². The van der Waals surface area contributed by atoms with Crippen molar-refractivity contribution < 1.29 is 19.1 Å². The average molecular weight is 507 g/mol. The summed E-state index contributed by atoms with van der Waals surface area (Å²) < 4.78 is 12.4. The van der Waals surface area contributed by atoms with Crippen molar-refractivity contribution in [3.05, 3.63) is 69.1 Å². The van der Waals surface area contributed by atoms with Crippen LogP contribution in [0.5, 0.6) is 5.75 Å². The molecule has 0 heterocycles. The van der Waals surface area contributed by atoms with Gasteiger partial charge in [0.25, 0.3) is 5.91 Å². The van der Waals surface area contributed by atoms with Crippen LogP contribution in [0.15, 0.2) is 63.5 Å². The lowest BCUT2D eigenvalue weighted by molar-refractivity contribution is -0.118. The smallest absolute Gasteiger partial charge is 0.338 e. The number of esters is 1. The Bertz CT molecular complexity index is 1020. The van der Waals surface area contributed by atoms with Crippen molar-refractivity contribution in [2.24, 2.45) is 0 Å². The van der Waals surface area contributed by atoms with E-state index >= 15 is 0 Å². The maximum absolute atomic E-state index is 12.2. The van der Waals surface area contributed by atoms with Crippen LogP contribution in [0.2, 0.25) is 0 Å². The first kappa shape index (κ1) is 20.4. The fourth-order valence-corrected chi connectivity index (χ4v) is 3.59. The Hall–Kier alpha value is -2.38. The third kappa shape index (κ3) is 4.91. The van der Waals surface area contributed by atoms with Crippen molar-refractivity contribution in [3.63, 3.8) is 0 Å². The number of nitrogens with one attached hydrogen (secondary N) is 1. The van der Waals surface area contributed by atoms with Gasteiger partial charge in [-0.2, -0.15) is 0 Å². The molecule has 0 aliphatic rings. The molecule has 0 fully saturated rings. The highest BCUT2D eigenvalue weighted by molar-refractivity contribution is 9.11. The van der Waals surface area contributed by atoms with E-state index in [-0.39, 0.29) is 12.5 Å². The van der Waals surface area contributed by atoms with Gasteiger partial charge in [0, 0.05) is 10.2 Å². The summed E-state index contributed by atoms with van der Waals surface area (Å²) in [7, 11) is 0. The first-order chi connectivity index (χ1) is 13.5. The number of halogens is 2. The first-order valence-electron chi connectivity index (χ1n) is 8.55. The number of anilines is 1. The van der Waals surface area contributed by atoms with Gasteiger partial charge in [-0.1, -0.05) is 28.1 Å². The number of carbonyl (C=O) groups excluding carboxylic acids is 2. The molecule has 0 bridgehead atoms. The molecule has 0 atom stereocenters. The molecule has 0 aromatic heterocycles. The Morgan fingerprint density at radius 3 is 2.46 bits per heavy atom. The lowest BCUT2D eigenvalue weighted by atomic mass is 10.1. The Morgan fingerprint density at radius 1 is 1.00 bits per heavy atom. The van der Waals surface area contributed by atoms with E-state index in [4.69, 9.17) is 9.47 Å². The summed E-state index contributed by atoms with van der Waals surface area (Å²) >= 11 is 6.99. The van der Waals surface area contributed by atoms with Gasteiger partial charge in [0.05, 0.1) is 16.6 Å². The summed E-state index contributed by atoms with van der Waals surface area (Å²) in [5, 5.41) is 4.79. The second kappa shape index (κ2) is 9.21. The van der Waals surface area contributed by atoms with Crippen LogP contribution in [-0.4, -0.2) is 25.1 Å². The van der Waals surface area contributed by atoms with Gasteiger partial charge in [-0.25, -0.2) is 4.79 Å². The molecule has 3 aromatic carbocycles. The molecule has 0 aliphatic carbocycles. The monoisotopic (exact) mass is 505 g/mol. The maximum Gasteiger partial charge on any atom is 0.338 e. The summed E-state index contributed by atoms with van der Waals surface area (Å²) in [5.41, 5.74) is 1.01. The minimum atomic E-state index is -0.392. The predicted octanol–water partition coefficient (Wildman–Crippen LogP) is 5.56. The molecule has 0 unspecified atom stereocenters. The lowest BCUT2D eigenvalue weighted by Gasteiger charge is -2.11. The van der Waals surface area contributed by atoms with Gasteiger partial charge in [0.1, 0.15) is 5.75 Å². The molecule has 0 saturated heterocycles. The summed E-state index contributed by atoms with van der Waals surface area (Å²) in [5.74, 6) is -0.105. The highest BCUT2D eigenvalue weighted by atomic mass is 79.9. The van der Waals surface area contributed by atoms with E-state index in [0.717, 1.165) is 19.7 Å². The van der Waals surface area contributed by atoms with Gasteiger partial charge in [0.2, 0.25) is 0 Å². The largest absolute Gasteiger partial charge is 0.483 e. The number of hydrogen-bond donors (Lipinski definition) is 1. The number of amides is 1. The summed E-state index contributed by atoms with van der Waals surface area (Å²) in [6, 6.07) is 16.2. The minimum Gasteiger partial charge on any atom is -0.483 e. The van der Waals surface area contributed by atoms with Crippen LogP contribution in [0.25, 0.3) is 10.8 Å². The SMILES string of the molecule is CCOC(=O)c1ccc(NC(=O)COc2ccc3cc(Br)ccc3c2Br)cc1. The molecule has 144 valence electrons. The zero-order chi connectivity index (χ0) is 20.1. The number of hydrogen-bond acceptors (Lipinski definition) is 4. The molecule has 3 rings (SSSR count). The fourth-order valence-electron chi connectivity index (χ4n) is 2.60. The Balaban J connectivity index is 1.61. The molecule has 0 radical (unpaired) electrons. The van der Waals surface area contributed by atoms with E-state index in [1.54, 1.807) is 31.2 Å². The highest BCUT2D eigenvalue weighted by Gasteiger charge is 2.10. The summed E-state index contributed by atoms with van der Waals surface area (Å²) in [6.07, 6.45) is 0. The topological polar surface area (TPSA) is 64.6 Å². The van der Waals surface area contributed by atoms with Gasteiger partial charge < -0.3 is 14.8 Å². The third-order valence-electron chi connectivity index (χ3n) is 3.92. The van der Waals surface area contributed by atoms with Gasteiger partial charge >= 0.3 is 5.97 Å². The Kier molecular flexibility index (Phi) is 6.70. The Labute approximate surface area is 179 Å². The van der Waals surface area contributed by atoms with Crippen LogP contribution in [0, 0.1) is 0 Å². The number of ether oxygens (including phenoxy) is 2. The number of rotatable bonds is 6. The lowest BCUT2D eigenvalue weighted by Crippen LogP contribution is -2.20. The van der Waals surface area contributed by atoms with E-state index in [9.17, 15) is 9.59 Å². The summed E-state index contributed by atoms with van der Waals surface area (Å²) in [6.45, 7) is 1.93. The number of benzene rings is 3. The molecule has 1 N–H and O–H groups in total. The molecule has 7 heteroatoms. The van der Waals surface area contributed by atoms with Crippen LogP contribution in [-0.2, 0) is 9.53 Å². The molecule has 1 amide bonds. The van der Waals surface area contributed by atoms with Gasteiger partial charge in [-0.15, -0.1) is 0 Å². The standard InChI is InChI=1S/C21H17Br2NO4/c1-2-27-21(26)13-3-7-16(8-4-13)24-19(25)12-28-18-10-5-14-11-15(22)6-9-17(14)20(18)23/h3-11H,2,12H2,1H3,(H,24,25). The summed E-state index contributed by atoms with van der Waals surface area (Å²) in [4.78, 5) is 23.8. The molecular weight excluding hydrogens is 490 g/mol. The van der Waals surface area contributed by atoms with Crippen molar-refractivity contribution in [2.75, 3.05) is 18.5 Å². The van der Waals surface area contributed by atoms with Gasteiger partial charge in [-0.05, 0) is 76.1 Å². The van der Waals surface area contributed by atoms with E-state index in [1.165, 1.54) is 0 Å². The molecular formula is C21H17Br2NO4. The zero-order valence-electron chi connectivity index (χ0n) is 15.0. The van der Waals surface area contributed by atoms with Crippen molar-refractivity contribution in [2.45, 2.75) is 6.92 Å². The normalized spacial score (nSPS) is 10.5. The minimum absolute atomic E-state index is 0.139. The third-order valence-corrected chi connectivity index (χ3v) is 5.23. The molecule has 0 spiro atoms. The van der Waals surface area contributed by atoms with Crippen LogP contribution in [0.1, 0.15) is 17.3 Å². The molecule has 0 aliphatic heterocycles. The first-order valence-corrected chi connectivity index (χ1v) is 10.1. The average Bonchev–Trinajstić information content (AvgIpc) is 2.68.